The van der Waals surface area contributed by atoms with Gasteiger partial charge in [-0.3, -0.25) is 14.8 Å². The van der Waals surface area contributed by atoms with E-state index in [0.29, 0.717) is 11.3 Å². The molecule has 3 rings (SSSR count). The highest BCUT2D eigenvalue weighted by atomic mass is 16.5. The highest BCUT2D eigenvalue weighted by Gasteiger charge is 2.37. The first kappa shape index (κ1) is 21.4. The van der Waals surface area contributed by atoms with E-state index in [9.17, 15) is 14.7 Å². The Morgan fingerprint density at radius 3 is 2.19 bits per heavy atom. The minimum Gasteiger partial charge on any atom is -0.399 e. The summed E-state index contributed by atoms with van der Waals surface area (Å²) in [6, 6.07) is 13.4. The first-order valence-electron chi connectivity index (χ1n) is 9.08. The number of benzene rings is 2. The number of carbonyl (C=O) groups is 2. The van der Waals surface area contributed by atoms with E-state index in [4.69, 9.17) is 10.9 Å². The van der Waals surface area contributed by atoms with E-state index in [2.05, 4.69) is 26.8 Å². The van der Waals surface area contributed by atoms with E-state index in [1.807, 2.05) is 0 Å². The summed E-state index contributed by atoms with van der Waals surface area (Å²) in [7, 11) is 0. The predicted molar refractivity (Wildman–Crippen MR) is 113 cm³/mol. The summed E-state index contributed by atoms with van der Waals surface area (Å²) >= 11 is 0. The van der Waals surface area contributed by atoms with Crippen molar-refractivity contribution >= 4 is 23.2 Å². The molecule has 0 radical (unpaired) electrons. The van der Waals surface area contributed by atoms with Crippen LogP contribution >= 0.6 is 0 Å². The van der Waals surface area contributed by atoms with Crippen LogP contribution in [0.1, 0.15) is 34.1 Å². The average Bonchev–Trinajstić information content (AvgIpc) is 3.32. The molecule has 1 aromatic heterocycles. The maximum Gasteiger partial charge on any atom is 0.292 e. The normalized spacial score (nSPS) is 12.9. The average molecular weight is 417 g/mol. The lowest BCUT2D eigenvalue weighted by atomic mass is 9.95. The Balaban J connectivity index is 1.84. The molecule has 9 heteroatoms. The molecule has 6 N–H and O–H groups in total. The van der Waals surface area contributed by atoms with Crippen molar-refractivity contribution in [1.29, 1.82) is 0 Å². The van der Waals surface area contributed by atoms with Crippen LogP contribution in [-0.2, 0) is 10.4 Å². The number of nitrogen functional groups attached to an aromatic ring is 1. The van der Waals surface area contributed by atoms with Gasteiger partial charge in [0.2, 0.25) is 0 Å². The molecule has 31 heavy (non-hydrogen) atoms. The zero-order valence-corrected chi connectivity index (χ0v) is 16.5. The second-order valence-electron chi connectivity index (χ2n) is 6.69. The number of aromatic amines is 1. The van der Waals surface area contributed by atoms with Crippen molar-refractivity contribution in [1.82, 2.24) is 15.4 Å². The smallest absolute Gasteiger partial charge is 0.292 e. The Morgan fingerprint density at radius 1 is 1.10 bits per heavy atom. The summed E-state index contributed by atoms with van der Waals surface area (Å²) in [4.78, 5) is 34.8. The molecule has 2 amide bonds. The Kier molecular flexibility index (Phi) is 6.26. The monoisotopic (exact) mass is 417 g/mol. The standard InChI is InChI=1S/C22H19N5O4/c1-22(30,18-12-24-13-25-18)19(21(29)27-31)26-20(28)16-8-4-14(5-9-16)2-3-15-6-10-17(23)11-7-15/h4-13,30-31H,23H2,1H3,(H,24,25)(H,27,29). The van der Waals surface area contributed by atoms with E-state index < -0.39 is 23.1 Å². The molecule has 0 saturated heterocycles. The van der Waals surface area contributed by atoms with Gasteiger partial charge in [-0.05, 0) is 55.5 Å². The van der Waals surface area contributed by atoms with Gasteiger partial charge in [0.15, 0.2) is 5.60 Å². The Labute approximate surface area is 177 Å². The van der Waals surface area contributed by atoms with E-state index in [1.54, 1.807) is 36.4 Å². The number of amides is 2. The fourth-order valence-electron chi connectivity index (χ4n) is 2.66. The number of H-pyrrole nitrogens is 1. The molecule has 0 spiro atoms. The summed E-state index contributed by atoms with van der Waals surface area (Å²) in [6.45, 7) is 1.25. The Hall–Kier alpha value is -4.26. The van der Waals surface area contributed by atoms with E-state index in [1.165, 1.54) is 37.1 Å². The maximum absolute atomic E-state index is 12.6. The molecule has 1 unspecified atom stereocenters. The van der Waals surface area contributed by atoms with Crippen LogP contribution in [0.5, 0.6) is 0 Å². The molecule has 0 fully saturated rings. The lowest BCUT2D eigenvalue weighted by Gasteiger charge is -2.22. The zero-order chi connectivity index (χ0) is 22.4. The van der Waals surface area contributed by atoms with E-state index in [-0.39, 0.29) is 11.3 Å². The second kappa shape index (κ2) is 9.04. The number of hydroxylamine groups is 1. The number of anilines is 1. The highest BCUT2D eigenvalue weighted by Crippen LogP contribution is 2.21. The van der Waals surface area contributed by atoms with Crippen LogP contribution in [0.15, 0.2) is 66.0 Å². The van der Waals surface area contributed by atoms with Gasteiger partial charge in [0.05, 0.1) is 18.2 Å². The minimum atomic E-state index is -2.00. The number of aromatic nitrogens is 2. The molecule has 0 saturated carbocycles. The molecule has 1 atom stereocenters. The number of nitrogens with zero attached hydrogens (tertiary/aromatic N) is 2. The number of imidazole rings is 1. The summed E-state index contributed by atoms with van der Waals surface area (Å²) in [5.41, 5.74) is 6.83. The largest absolute Gasteiger partial charge is 0.399 e. The SMILES string of the molecule is CC(O)(C(=NC(=O)c1ccc(C#Cc2ccc(N)cc2)cc1)C(=O)NO)c1cnc[nH]1. The van der Waals surface area contributed by atoms with Crippen molar-refractivity contribution < 1.29 is 19.9 Å². The van der Waals surface area contributed by atoms with Gasteiger partial charge in [0.1, 0.15) is 5.71 Å². The molecule has 2 aromatic carbocycles. The van der Waals surface area contributed by atoms with Crippen LogP contribution in [0.4, 0.5) is 5.69 Å². The Bertz CT molecular complexity index is 1170. The fraction of sp³-hybridized carbons (Fsp3) is 0.0909. The number of hydrogen-bond acceptors (Lipinski definition) is 6. The summed E-state index contributed by atoms with van der Waals surface area (Å²) in [5, 5.41) is 19.7. The molecular weight excluding hydrogens is 398 g/mol. The number of aliphatic hydroxyl groups is 1. The maximum atomic E-state index is 12.6. The molecule has 0 aliphatic carbocycles. The van der Waals surface area contributed by atoms with Crippen LogP contribution in [0.2, 0.25) is 0 Å². The molecule has 156 valence electrons. The van der Waals surface area contributed by atoms with Gasteiger partial charge in [0.25, 0.3) is 11.8 Å². The molecule has 3 aromatic rings. The lowest BCUT2D eigenvalue weighted by Crippen LogP contribution is -2.44. The van der Waals surface area contributed by atoms with Crippen LogP contribution in [0.25, 0.3) is 0 Å². The number of aliphatic imine (C=N–C) groups is 1. The van der Waals surface area contributed by atoms with Gasteiger partial charge in [-0.2, -0.15) is 0 Å². The number of rotatable bonds is 4. The van der Waals surface area contributed by atoms with Gasteiger partial charge in [-0.15, -0.1) is 0 Å². The number of nitrogens with two attached hydrogens (primary N) is 1. The van der Waals surface area contributed by atoms with Crippen molar-refractivity contribution in [3.8, 4) is 11.8 Å². The van der Waals surface area contributed by atoms with Crippen LogP contribution in [-0.4, -0.2) is 37.8 Å². The van der Waals surface area contributed by atoms with Crippen molar-refractivity contribution in [3.05, 3.63) is 83.4 Å². The number of nitrogens with one attached hydrogen (secondary N) is 2. The second-order valence-corrected chi connectivity index (χ2v) is 6.69. The van der Waals surface area contributed by atoms with E-state index in [0.717, 1.165) is 5.56 Å². The lowest BCUT2D eigenvalue weighted by molar-refractivity contribution is -0.123. The first-order chi connectivity index (χ1) is 14.8. The molecule has 1 heterocycles. The number of carbonyl (C=O) groups excluding carboxylic acids is 2. The van der Waals surface area contributed by atoms with Gasteiger partial charge < -0.3 is 15.8 Å². The molecule has 0 bridgehead atoms. The summed E-state index contributed by atoms with van der Waals surface area (Å²) in [5.74, 6) is 4.05. The van der Waals surface area contributed by atoms with Crippen LogP contribution in [0, 0.1) is 11.8 Å². The van der Waals surface area contributed by atoms with Crippen molar-refractivity contribution in [2.24, 2.45) is 4.99 Å². The van der Waals surface area contributed by atoms with Gasteiger partial charge in [-0.25, -0.2) is 15.5 Å². The highest BCUT2D eigenvalue weighted by molar-refractivity contribution is 6.43. The third-order valence-corrected chi connectivity index (χ3v) is 4.41. The van der Waals surface area contributed by atoms with Crippen LogP contribution < -0.4 is 11.2 Å². The fourth-order valence-corrected chi connectivity index (χ4v) is 2.66. The van der Waals surface area contributed by atoms with E-state index >= 15 is 0 Å². The molecular formula is C22H19N5O4. The minimum absolute atomic E-state index is 0.121. The van der Waals surface area contributed by atoms with Gasteiger partial charge >= 0.3 is 0 Å². The Morgan fingerprint density at radius 2 is 1.68 bits per heavy atom. The summed E-state index contributed by atoms with van der Waals surface area (Å²) < 4.78 is 0. The number of hydrogen-bond donors (Lipinski definition) is 5. The van der Waals surface area contributed by atoms with Crippen molar-refractivity contribution in [2.45, 2.75) is 12.5 Å². The third-order valence-electron chi connectivity index (χ3n) is 4.41. The topological polar surface area (TPSA) is 154 Å². The van der Waals surface area contributed by atoms with Crippen molar-refractivity contribution in [2.75, 3.05) is 5.73 Å². The molecule has 0 aliphatic rings. The zero-order valence-electron chi connectivity index (χ0n) is 16.5. The third kappa shape index (κ3) is 5.02. The van der Waals surface area contributed by atoms with Gasteiger partial charge in [0, 0.05) is 22.4 Å². The van der Waals surface area contributed by atoms with Crippen LogP contribution in [0.3, 0.4) is 0 Å². The molecule has 9 nitrogen and oxygen atoms in total. The van der Waals surface area contributed by atoms with Crippen molar-refractivity contribution in [3.63, 3.8) is 0 Å². The predicted octanol–water partition coefficient (Wildman–Crippen LogP) is 1.39. The summed E-state index contributed by atoms with van der Waals surface area (Å²) in [6.07, 6.45) is 2.57. The molecule has 0 aliphatic heterocycles. The first-order valence-corrected chi connectivity index (χ1v) is 9.08. The quantitative estimate of drug-likeness (QED) is 0.142. The van der Waals surface area contributed by atoms with Gasteiger partial charge in [-0.1, -0.05) is 11.8 Å².